The Kier molecular flexibility index (Phi) is 4.82. The first-order valence-corrected chi connectivity index (χ1v) is 8.11. The lowest BCUT2D eigenvalue weighted by molar-refractivity contribution is 0.102. The van der Waals surface area contributed by atoms with Crippen molar-refractivity contribution in [2.45, 2.75) is 10.1 Å². The molecule has 0 saturated heterocycles. The van der Waals surface area contributed by atoms with E-state index in [1.807, 2.05) is 19.2 Å². The van der Waals surface area contributed by atoms with Gasteiger partial charge in [0, 0.05) is 17.6 Å². The van der Waals surface area contributed by atoms with Crippen molar-refractivity contribution in [2.24, 2.45) is 7.05 Å². The molecule has 8 heteroatoms. The summed E-state index contributed by atoms with van der Waals surface area (Å²) in [7, 11) is 1.86. The van der Waals surface area contributed by atoms with Crippen LogP contribution in [0.15, 0.2) is 58.8 Å². The highest BCUT2D eigenvalue weighted by atomic mass is 35.5. The van der Waals surface area contributed by atoms with Crippen LogP contribution in [0.4, 0.5) is 10.1 Å². The molecule has 0 atom stereocenters. The molecule has 0 spiro atoms. The number of nitrogens with one attached hydrogen (secondary N) is 1. The van der Waals surface area contributed by atoms with Crippen LogP contribution in [0.1, 0.15) is 10.4 Å². The smallest absolute Gasteiger partial charge is 0.260 e. The van der Waals surface area contributed by atoms with E-state index in [0.29, 0.717) is 5.69 Å². The monoisotopic (exact) mass is 362 g/mol. The van der Waals surface area contributed by atoms with Gasteiger partial charge in [0.05, 0.1) is 10.6 Å². The van der Waals surface area contributed by atoms with E-state index in [9.17, 15) is 9.18 Å². The summed E-state index contributed by atoms with van der Waals surface area (Å²) < 4.78 is 15.6. The van der Waals surface area contributed by atoms with Crippen molar-refractivity contribution in [2.75, 3.05) is 5.32 Å². The molecule has 0 radical (unpaired) electrons. The predicted octanol–water partition coefficient (Wildman–Crippen LogP) is 4.01. The van der Waals surface area contributed by atoms with E-state index < -0.39 is 11.7 Å². The van der Waals surface area contributed by atoms with Gasteiger partial charge in [-0.25, -0.2) is 4.39 Å². The van der Waals surface area contributed by atoms with Crippen LogP contribution in [0.5, 0.6) is 0 Å². The Balaban J connectivity index is 1.72. The van der Waals surface area contributed by atoms with Crippen molar-refractivity contribution in [3.8, 4) is 0 Å². The van der Waals surface area contributed by atoms with Crippen LogP contribution in [-0.4, -0.2) is 20.7 Å². The molecule has 0 unspecified atom stereocenters. The van der Waals surface area contributed by atoms with Gasteiger partial charge in [0.15, 0.2) is 5.16 Å². The molecule has 2 aromatic carbocycles. The van der Waals surface area contributed by atoms with Crippen molar-refractivity contribution < 1.29 is 9.18 Å². The SMILES string of the molecule is Cn1cnnc1Sc1ccc(NC(=O)c2c(F)cccc2Cl)cc1. The number of carbonyl (C=O) groups excluding carboxylic acids is 1. The molecule has 24 heavy (non-hydrogen) atoms. The molecule has 0 aliphatic carbocycles. The Labute approximate surface area is 146 Å². The molecule has 1 amide bonds. The molecule has 5 nitrogen and oxygen atoms in total. The molecule has 3 rings (SSSR count). The van der Waals surface area contributed by atoms with Crippen LogP contribution >= 0.6 is 23.4 Å². The quantitative estimate of drug-likeness (QED) is 0.761. The first kappa shape index (κ1) is 16.5. The number of aryl methyl sites for hydroxylation is 1. The normalized spacial score (nSPS) is 10.6. The van der Waals surface area contributed by atoms with Gasteiger partial charge in [-0.3, -0.25) is 4.79 Å². The fourth-order valence-corrected chi connectivity index (χ4v) is 3.00. The molecule has 122 valence electrons. The average molecular weight is 363 g/mol. The third-order valence-corrected chi connectivity index (χ3v) is 4.56. The fraction of sp³-hybridized carbons (Fsp3) is 0.0625. The van der Waals surface area contributed by atoms with Gasteiger partial charge in [-0.05, 0) is 48.2 Å². The van der Waals surface area contributed by atoms with Crippen LogP contribution in [-0.2, 0) is 7.05 Å². The van der Waals surface area contributed by atoms with Gasteiger partial charge in [0.1, 0.15) is 12.1 Å². The number of carbonyl (C=O) groups is 1. The van der Waals surface area contributed by atoms with E-state index in [1.165, 1.54) is 30.0 Å². The number of amides is 1. The van der Waals surface area contributed by atoms with Crippen molar-refractivity contribution in [3.05, 3.63) is 65.2 Å². The first-order chi connectivity index (χ1) is 11.5. The Morgan fingerprint density at radius 1 is 1.25 bits per heavy atom. The van der Waals surface area contributed by atoms with Crippen molar-refractivity contribution in [1.29, 1.82) is 0 Å². The highest BCUT2D eigenvalue weighted by Gasteiger charge is 2.15. The maximum atomic E-state index is 13.8. The minimum Gasteiger partial charge on any atom is -0.322 e. The number of nitrogens with zero attached hydrogens (tertiary/aromatic N) is 3. The van der Waals surface area contributed by atoms with Gasteiger partial charge in [0.25, 0.3) is 5.91 Å². The second-order valence-corrected chi connectivity index (χ2v) is 6.35. The number of benzene rings is 2. The number of hydrogen-bond donors (Lipinski definition) is 1. The highest BCUT2D eigenvalue weighted by molar-refractivity contribution is 7.99. The highest BCUT2D eigenvalue weighted by Crippen LogP contribution is 2.27. The number of aromatic nitrogens is 3. The molecule has 0 saturated carbocycles. The largest absolute Gasteiger partial charge is 0.322 e. The van der Waals surface area contributed by atoms with Crippen LogP contribution in [0.2, 0.25) is 5.02 Å². The van der Waals surface area contributed by atoms with E-state index >= 15 is 0 Å². The second kappa shape index (κ2) is 7.02. The molecule has 1 N–H and O–H groups in total. The summed E-state index contributed by atoms with van der Waals surface area (Å²) >= 11 is 7.34. The summed E-state index contributed by atoms with van der Waals surface area (Å²) in [6.45, 7) is 0. The average Bonchev–Trinajstić information content (AvgIpc) is 2.94. The first-order valence-electron chi connectivity index (χ1n) is 6.92. The fourth-order valence-electron chi connectivity index (χ4n) is 1.99. The summed E-state index contributed by atoms with van der Waals surface area (Å²) in [4.78, 5) is 13.1. The zero-order valence-corrected chi connectivity index (χ0v) is 14.1. The molecule has 3 aromatic rings. The third kappa shape index (κ3) is 3.58. The van der Waals surface area contributed by atoms with Gasteiger partial charge >= 0.3 is 0 Å². The Hall–Kier alpha value is -2.38. The van der Waals surface area contributed by atoms with E-state index in [-0.39, 0.29) is 10.6 Å². The van der Waals surface area contributed by atoms with E-state index in [0.717, 1.165) is 10.1 Å². The Bertz CT molecular complexity index is 862. The van der Waals surface area contributed by atoms with Crippen LogP contribution < -0.4 is 5.32 Å². The maximum absolute atomic E-state index is 13.8. The van der Waals surface area contributed by atoms with Gasteiger partial charge in [-0.2, -0.15) is 0 Å². The zero-order chi connectivity index (χ0) is 17.1. The van der Waals surface area contributed by atoms with Crippen molar-refractivity contribution in [3.63, 3.8) is 0 Å². The summed E-state index contributed by atoms with van der Waals surface area (Å²) in [5.41, 5.74) is 0.373. The lowest BCUT2D eigenvalue weighted by atomic mass is 10.2. The van der Waals surface area contributed by atoms with Crippen LogP contribution in [0.25, 0.3) is 0 Å². The van der Waals surface area contributed by atoms with Crippen LogP contribution in [0, 0.1) is 5.82 Å². The lowest BCUT2D eigenvalue weighted by Gasteiger charge is -2.08. The summed E-state index contributed by atoms with van der Waals surface area (Å²) in [5.74, 6) is -1.25. The molecule has 0 aliphatic rings. The zero-order valence-electron chi connectivity index (χ0n) is 12.5. The topological polar surface area (TPSA) is 59.8 Å². The second-order valence-electron chi connectivity index (χ2n) is 4.90. The molecular formula is C16H12ClFN4OS. The molecule has 0 fully saturated rings. The number of hydrogen-bond acceptors (Lipinski definition) is 4. The van der Waals surface area contributed by atoms with E-state index in [1.54, 1.807) is 23.0 Å². The lowest BCUT2D eigenvalue weighted by Crippen LogP contribution is -2.14. The Morgan fingerprint density at radius 3 is 2.62 bits per heavy atom. The van der Waals surface area contributed by atoms with Gasteiger partial charge in [0.2, 0.25) is 0 Å². The number of rotatable bonds is 4. The van der Waals surface area contributed by atoms with Crippen LogP contribution in [0.3, 0.4) is 0 Å². The molecule has 0 aliphatic heterocycles. The summed E-state index contributed by atoms with van der Waals surface area (Å²) in [6.07, 6.45) is 1.62. The third-order valence-electron chi connectivity index (χ3n) is 3.18. The van der Waals surface area contributed by atoms with Crippen molar-refractivity contribution in [1.82, 2.24) is 14.8 Å². The molecule has 0 bridgehead atoms. The number of halogens is 2. The van der Waals surface area contributed by atoms with Gasteiger partial charge < -0.3 is 9.88 Å². The number of anilines is 1. The minimum atomic E-state index is -0.658. The molecular weight excluding hydrogens is 351 g/mol. The van der Waals surface area contributed by atoms with Gasteiger partial charge in [-0.15, -0.1) is 10.2 Å². The predicted molar refractivity (Wildman–Crippen MR) is 90.9 cm³/mol. The van der Waals surface area contributed by atoms with Crippen molar-refractivity contribution >= 4 is 35.0 Å². The summed E-state index contributed by atoms with van der Waals surface area (Å²) in [5, 5.41) is 11.3. The summed E-state index contributed by atoms with van der Waals surface area (Å²) in [6, 6.07) is 11.2. The van der Waals surface area contributed by atoms with Gasteiger partial charge in [-0.1, -0.05) is 17.7 Å². The van der Waals surface area contributed by atoms with E-state index in [2.05, 4.69) is 15.5 Å². The molecule has 1 aromatic heterocycles. The maximum Gasteiger partial charge on any atom is 0.260 e. The Morgan fingerprint density at radius 2 is 2.00 bits per heavy atom. The standard InChI is InChI=1S/C16H12ClFN4OS/c1-22-9-19-21-16(22)24-11-7-5-10(6-8-11)20-15(23)14-12(17)3-2-4-13(14)18/h2-9H,1H3,(H,20,23). The molecule has 1 heterocycles. The van der Waals surface area contributed by atoms with E-state index in [4.69, 9.17) is 11.6 Å². The minimum absolute atomic E-state index is 0.0713.